The second-order valence-electron chi connectivity index (χ2n) is 11.5. The molecule has 2 heterocycles. The predicted molar refractivity (Wildman–Crippen MR) is 136 cm³/mol. The Morgan fingerprint density at radius 2 is 1.41 bits per heavy atom. The molecule has 0 bridgehead atoms. The van der Waals surface area contributed by atoms with Gasteiger partial charge in [-0.15, -0.1) is 0 Å². The molecule has 2 rings (SSSR count). The summed E-state index contributed by atoms with van der Waals surface area (Å²) in [6.45, 7) is 12.1. The van der Waals surface area contributed by atoms with Gasteiger partial charge in [0.2, 0.25) is 17.7 Å². The van der Waals surface area contributed by atoms with E-state index in [1.165, 1.54) is 9.80 Å². The first kappa shape index (κ1) is 30.2. The molecular formula is C25H43N5O7. The number of carbonyl (C=O) groups is 5. The first-order valence-electron chi connectivity index (χ1n) is 12.8. The summed E-state index contributed by atoms with van der Waals surface area (Å²) in [6.07, 6.45) is 0.545. The van der Waals surface area contributed by atoms with E-state index in [-0.39, 0.29) is 30.8 Å². The van der Waals surface area contributed by atoms with Gasteiger partial charge in [0, 0.05) is 39.8 Å². The van der Waals surface area contributed by atoms with E-state index in [0.717, 1.165) is 0 Å². The molecule has 12 heteroatoms. The summed E-state index contributed by atoms with van der Waals surface area (Å²) in [6, 6.07) is -0.792. The minimum Gasteiger partial charge on any atom is -0.444 e. The number of hydrogen-bond acceptors (Lipinski definition) is 7. The quantitative estimate of drug-likeness (QED) is 0.498. The maximum absolute atomic E-state index is 13.5. The van der Waals surface area contributed by atoms with Crippen molar-refractivity contribution in [3.63, 3.8) is 0 Å². The number of hydrogen-bond donors (Lipinski definition) is 1. The highest BCUT2D eigenvalue weighted by Gasteiger charge is 2.39. The lowest BCUT2D eigenvalue weighted by atomic mass is 10.0. The molecule has 2 saturated heterocycles. The smallest absolute Gasteiger partial charge is 0.410 e. The van der Waals surface area contributed by atoms with Crippen LogP contribution in [0.25, 0.3) is 0 Å². The van der Waals surface area contributed by atoms with Gasteiger partial charge in [0.15, 0.2) is 0 Å². The molecule has 0 aromatic carbocycles. The van der Waals surface area contributed by atoms with E-state index in [4.69, 9.17) is 9.47 Å². The molecule has 1 N–H and O–H groups in total. The van der Waals surface area contributed by atoms with Gasteiger partial charge in [0.05, 0.1) is 6.54 Å². The number of nitrogens with zero attached hydrogens (tertiary/aromatic N) is 4. The molecule has 1 atom stereocenters. The Balaban J connectivity index is 1.98. The lowest BCUT2D eigenvalue weighted by Crippen LogP contribution is -2.61. The highest BCUT2D eigenvalue weighted by Crippen LogP contribution is 2.18. The maximum Gasteiger partial charge on any atom is 0.410 e. The van der Waals surface area contributed by atoms with Crippen LogP contribution >= 0.6 is 0 Å². The molecule has 2 aliphatic rings. The van der Waals surface area contributed by atoms with Crippen LogP contribution < -0.4 is 5.32 Å². The van der Waals surface area contributed by atoms with Crippen molar-refractivity contribution in [3.05, 3.63) is 0 Å². The van der Waals surface area contributed by atoms with E-state index in [1.807, 2.05) is 0 Å². The number of ether oxygens (including phenoxy) is 2. The predicted octanol–water partition coefficient (Wildman–Crippen LogP) is 1.43. The molecule has 0 aromatic heterocycles. The Bertz CT molecular complexity index is 856. The normalized spacial score (nSPS) is 18.0. The second kappa shape index (κ2) is 12.5. The molecule has 5 amide bonds. The van der Waals surface area contributed by atoms with Gasteiger partial charge in [-0.25, -0.2) is 9.59 Å². The third-order valence-corrected chi connectivity index (χ3v) is 5.90. The van der Waals surface area contributed by atoms with Crippen LogP contribution in [-0.4, -0.2) is 120 Å². The standard InChI is InChI=1S/C25H43N5O7/c1-24(2,3)36-22(34)26-11-9-8-10-18(30-17-19(31)27(7)16-20(30)32)21(33)28-12-14-29(15-13-28)23(35)37-25(4,5)6/h18H,8-17H2,1-7H3,(H,26,34)/t18-/m0/s1. The van der Waals surface area contributed by atoms with Crippen molar-refractivity contribution in [1.82, 2.24) is 24.9 Å². The first-order chi connectivity index (χ1) is 17.1. The first-order valence-corrected chi connectivity index (χ1v) is 12.8. The second-order valence-corrected chi connectivity index (χ2v) is 11.5. The molecule has 210 valence electrons. The van der Waals surface area contributed by atoms with Gasteiger partial charge < -0.3 is 34.4 Å². The number of amides is 5. The van der Waals surface area contributed by atoms with Crippen LogP contribution in [0.1, 0.15) is 60.8 Å². The molecule has 0 aliphatic carbocycles. The van der Waals surface area contributed by atoms with Crippen LogP contribution in [0.4, 0.5) is 9.59 Å². The highest BCUT2D eigenvalue weighted by molar-refractivity contribution is 5.96. The number of likely N-dealkylation sites (N-methyl/N-ethyl adjacent to an activating group) is 1. The summed E-state index contributed by atoms with van der Waals surface area (Å²) in [4.78, 5) is 68.8. The Hall–Kier alpha value is -3.05. The lowest BCUT2D eigenvalue weighted by molar-refractivity contribution is -0.156. The van der Waals surface area contributed by atoms with Crippen molar-refractivity contribution >= 4 is 29.9 Å². The monoisotopic (exact) mass is 525 g/mol. The zero-order valence-electron chi connectivity index (χ0n) is 23.3. The number of piperazine rings is 2. The number of alkyl carbamates (subject to hydrolysis) is 1. The van der Waals surface area contributed by atoms with Crippen LogP contribution in [0, 0.1) is 0 Å². The van der Waals surface area contributed by atoms with Crippen molar-refractivity contribution in [2.75, 3.05) is 52.9 Å². The Labute approximate surface area is 219 Å². The van der Waals surface area contributed by atoms with Gasteiger partial charge in [0.25, 0.3) is 0 Å². The van der Waals surface area contributed by atoms with Crippen molar-refractivity contribution in [3.8, 4) is 0 Å². The molecule has 12 nitrogen and oxygen atoms in total. The summed E-state index contributed by atoms with van der Waals surface area (Å²) in [5.41, 5.74) is -1.20. The van der Waals surface area contributed by atoms with E-state index in [2.05, 4.69) is 5.32 Å². The van der Waals surface area contributed by atoms with E-state index >= 15 is 0 Å². The van der Waals surface area contributed by atoms with Crippen molar-refractivity contribution in [2.24, 2.45) is 0 Å². The number of unbranched alkanes of at least 4 members (excludes halogenated alkanes) is 1. The van der Waals surface area contributed by atoms with E-state index in [9.17, 15) is 24.0 Å². The fourth-order valence-electron chi connectivity index (χ4n) is 4.05. The van der Waals surface area contributed by atoms with E-state index in [1.54, 1.807) is 58.4 Å². The van der Waals surface area contributed by atoms with Crippen LogP contribution in [0.2, 0.25) is 0 Å². The average Bonchev–Trinajstić information content (AvgIpc) is 2.76. The Morgan fingerprint density at radius 1 is 0.838 bits per heavy atom. The number of nitrogens with one attached hydrogen (secondary N) is 1. The largest absolute Gasteiger partial charge is 0.444 e. The SMILES string of the molecule is CN1CC(=O)N([C@@H](CCCCNC(=O)OC(C)(C)C)C(=O)N2CCN(C(=O)OC(C)(C)C)CC2)CC1=O. The minimum atomic E-state index is -0.792. The average molecular weight is 526 g/mol. The summed E-state index contributed by atoms with van der Waals surface area (Å²) >= 11 is 0. The van der Waals surface area contributed by atoms with E-state index in [0.29, 0.717) is 52.0 Å². The van der Waals surface area contributed by atoms with Crippen molar-refractivity contribution in [1.29, 1.82) is 0 Å². The van der Waals surface area contributed by atoms with Gasteiger partial charge >= 0.3 is 12.2 Å². The van der Waals surface area contributed by atoms with Gasteiger partial charge in [0.1, 0.15) is 23.8 Å². The van der Waals surface area contributed by atoms with Gasteiger partial charge in [-0.2, -0.15) is 0 Å². The summed E-state index contributed by atoms with van der Waals surface area (Å²) in [5, 5.41) is 2.69. The van der Waals surface area contributed by atoms with Crippen molar-refractivity contribution < 1.29 is 33.4 Å². The molecule has 2 aliphatic heterocycles. The molecule has 0 radical (unpaired) electrons. The summed E-state index contributed by atoms with van der Waals surface area (Å²) < 4.78 is 10.6. The lowest BCUT2D eigenvalue weighted by Gasteiger charge is -2.41. The fraction of sp³-hybridized carbons (Fsp3) is 0.800. The summed E-state index contributed by atoms with van der Waals surface area (Å²) in [7, 11) is 1.56. The third kappa shape index (κ3) is 9.73. The zero-order chi connectivity index (χ0) is 28.0. The Morgan fingerprint density at radius 3 is 1.97 bits per heavy atom. The fourth-order valence-corrected chi connectivity index (χ4v) is 4.05. The summed E-state index contributed by atoms with van der Waals surface area (Å²) in [5.74, 6) is -0.742. The molecule has 2 fully saturated rings. The Kier molecular flexibility index (Phi) is 10.2. The number of rotatable bonds is 7. The molecular weight excluding hydrogens is 482 g/mol. The highest BCUT2D eigenvalue weighted by atomic mass is 16.6. The van der Waals surface area contributed by atoms with Gasteiger partial charge in [-0.05, 0) is 60.8 Å². The van der Waals surface area contributed by atoms with Crippen LogP contribution in [0.15, 0.2) is 0 Å². The topological polar surface area (TPSA) is 129 Å². The van der Waals surface area contributed by atoms with Gasteiger partial charge in [-0.3, -0.25) is 14.4 Å². The van der Waals surface area contributed by atoms with Gasteiger partial charge in [-0.1, -0.05) is 0 Å². The van der Waals surface area contributed by atoms with Crippen molar-refractivity contribution in [2.45, 2.75) is 78.0 Å². The molecule has 0 unspecified atom stereocenters. The molecule has 37 heavy (non-hydrogen) atoms. The van der Waals surface area contributed by atoms with Crippen LogP contribution in [-0.2, 0) is 23.9 Å². The molecule has 0 saturated carbocycles. The minimum absolute atomic E-state index is 0.0742. The molecule has 0 spiro atoms. The third-order valence-electron chi connectivity index (χ3n) is 5.90. The van der Waals surface area contributed by atoms with E-state index < -0.39 is 29.4 Å². The van der Waals surface area contributed by atoms with Crippen LogP contribution in [0.3, 0.4) is 0 Å². The zero-order valence-corrected chi connectivity index (χ0v) is 23.3. The maximum atomic E-state index is 13.5. The number of carbonyl (C=O) groups excluding carboxylic acids is 5. The van der Waals surface area contributed by atoms with Crippen LogP contribution in [0.5, 0.6) is 0 Å². The molecule has 0 aromatic rings.